The number of hydrazine groups is 2. The Kier molecular flexibility index (Phi) is 4.59. The van der Waals surface area contributed by atoms with Gasteiger partial charge >= 0.3 is 0 Å². The average Bonchev–Trinajstić information content (AvgIpc) is 2.38. The third-order valence-electron chi connectivity index (χ3n) is 5.09. The Bertz CT molecular complexity index is 301. The summed E-state index contributed by atoms with van der Waals surface area (Å²) in [6, 6.07) is 0.755. The maximum atomic E-state index is 2.58. The molecule has 0 amide bonds. The summed E-state index contributed by atoms with van der Waals surface area (Å²) in [7, 11) is 6.60. The minimum atomic E-state index is 0.755. The molecule has 0 aromatic carbocycles. The van der Waals surface area contributed by atoms with Crippen molar-refractivity contribution in [1.82, 2.24) is 29.8 Å². The molecule has 3 aliphatic heterocycles. The second-order valence-corrected chi connectivity index (χ2v) is 6.65. The molecule has 3 rings (SSSR count). The van der Waals surface area contributed by atoms with E-state index in [9.17, 15) is 0 Å². The summed E-state index contributed by atoms with van der Waals surface area (Å²) in [6.45, 7) is 12.0. The van der Waals surface area contributed by atoms with Crippen molar-refractivity contribution in [2.75, 3.05) is 86.6 Å². The zero-order valence-corrected chi connectivity index (χ0v) is 13.3. The lowest BCUT2D eigenvalue weighted by atomic mass is 10.1. The highest BCUT2D eigenvalue weighted by atomic mass is 15.7. The average molecular weight is 282 g/mol. The van der Waals surface area contributed by atoms with Crippen LogP contribution in [0.2, 0.25) is 0 Å². The molecule has 0 aliphatic carbocycles. The Labute approximate surface area is 123 Å². The third kappa shape index (κ3) is 3.16. The van der Waals surface area contributed by atoms with Gasteiger partial charge in [-0.1, -0.05) is 0 Å². The molecule has 0 aromatic heterocycles. The molecule has 116 valence electrons. The first-order valence-corrected chi connectivity index (χ1v) is 7.98. The summed E-state index contributed by atoms with van der Waals surface area (Å²) in [4.78, 5) is 4.77. The van der Waals surface area contributed by atoms with E-state index in [0.29, 0.717) is 0 Å². The van der Waals surface area contributed by atoms with Gasteiger partial charge in [0, 0.05) is 71.5 Å². The lowest BCUT2D eigenvalue weighted by molar-refractivity contribution is -0.159. The van der Waals surface area contributed by atoms with Gasteiger partial charge in [-0.05, 0) is 21.1 Å². The highest BCUT2D eigenvalue weighted by molar-refractivity contribution is 4.86. The molecule has 0 radical (unpaired) electrons. The standard InChI is InChI=1S/C14H30N6/c1-15(2)14-12-20(13-14)19-10-8-18(9-11-19)17-6-4-16(3)5-7-17/h14H,4-13H2,1-3H3. The van der Waals surface area contributed by atoms with Crippen LogP contribution in [0.4, 0.5) is 0 Å². The minimum Gasteiger partial charge on any atom is -0.304 e. The molecule has 3 saturated heterocycles. The topological polar surface area (TPSA) is 19.4 Å². The fourth-order valence-corrected chi connectivity index (χ4v) is 3.32. The maximum absolute atomic E-state index is 2.58. The van der Waals surface area contributed by atoms with Crippen molar-refractivity contribution in [1.29, 1.82) is 0 Å². The molecular weight excluding hydrogens is 252 g/mol. The van der Waals surface area contributed by atoms with Crippen molar-refractivity contribution in [3.63, 3.8) is 0 Å². The first kappa shape index (κ1) is 14.7. The predicted octanol–water partition coefficient (Wildman–Crippen LogP) is -1.07. The van der Waals surface area contributed by atoms with Crippen molar-refractivity contribution in [2.24, 2.45) is 0 Å². The SMILES string of the molecule is CN1CCN(N2CCN(N3CC(N(C)C)C3)CC2)CC1. The van der Waals surface area contributed by atoms with E-state index in [0.717, 1.165) is 6.04 Å². The van der Waals surface area contributed by atoms with Crippen molar-refractivity contribution < 1.29 is 0 Å². The second kappa shape index (κ2) is 6.25. The van der Waals surface area contributed by atoms with Gasteiger partial charge in [0.25, 0.3) is 0 Å². The molecule has 6 nitrogen and oxygen atoms in total. The van der Waals surface area contributed by atoms with E-state index in [1.165, 1.54) is 65.4 Å². The van der Waals surface area contributed by atoms with E-state index in [-0.39, 0.29) is 0 Å². The quantitative estimate of drug-likeness (QED) is 0.652. The van der Waals surface area contributed by atoms with E-state index in [4.69, 9.17) is 0 Å². The fraction of sp³-hybridized carbons (Fsp3) is 1.00. The van der Waals surface area contributed by atoms with Gasteiger partial charge in [0.1, 0.15) is 0 Å². The summed E-state index contributed by atoms with van der Waals surface area (Å²) in [5.74, 6) is 0. The molecule has 0 saturated carbocycles. The monoisotopic (exact) mass is 282 g/mol. The highest BCUT2D eigenvalue weighted by Gasteiger charge is 2.34. The van der Waals surface area contributed by atoms with Gasteiger partial charge in [-0.3, -0.25) is 0 Å². The predicted molar refractivity (Wildman–Crippen MR) is 81.3 cm³/mol. The lowest BCUT2D eigenvalue weighted by Crippen LogP contribution is -2.67. The van der Waals surface area contributed by atoms with Crippen molar-refractivity contribution in [2.45, 2.75) is 6.04 Å². The van der Waals surface area contributed by atoms with Crippen LogP contribution in [0.15, 0.2) is 0 Å². The molecule has 3 heterocycles. The van der Waals surface area contributed by atoms with Gasteiger partial charge in [0.15, 0.2) is 0 Å². The summed E-state index contributed by atoms with van der Waals surface area (Å²) in [6.07, 6.45) is 0. The number of hydrogen-bond donors (Lipinski definition) is 0. The molecule has 0 atom stereocenters. The van der Waals surface area contributed by atoms with E-state index in [1.807, 2.05) is 0 Å². The van der Waals surface area contributed by atoms with E-state index in [2.05, 4.69) is 51.0 Å². The first-order valence-electron chi connectivity index (χ1n) is 7.98. The van der Waals surface area contributed by atoms with Crippen LogP contribution in [0, 0.1) is 0 Å². The number of nitrogens with zero attached hydrogens (tertiary/aromatic N) is 6. The number of rotatable bonds is 3. The van der Waals surface area contributed by atoms with E-state index >= 15 is 0 Å². The molecule has 20 heavy (non-hydrogen) atoms. The van der Waals surface area contributed by atoms with Crippen LogP contribution in [0.25, 0.3) is 0 Å². The van der Waals surface area contributed by atoms with Crippen LogP contribution in [-0.2, 0) is 0 Å². The van der Waals surface area contributed by atoms with E-state index in [1.54, 1.807) is 0 Å². The number of hydrogen-bond acceptors (Lipinski definition) is 6. The van der Waals surface area contributed by atoms with Gasteiger partial charge in [-0.2, -0.15) is 0 Å². The van der Waals surface area contributed by atoms with Gasteiger partial charge < -0.3 is 9.80 Å². The Hall–Kier alpha value is -0.240. The van der Waals surface area contributed by atoms with Crippen LogP contribution in [0.1, 0.15) is 0 Å². The molecule has 0 bridgehead atoms. The summed E-state index contributed by atoms with van der Waals surface area (Å²) in [5, 5.41) is 10.2. The highest BCUT2D eigenvalue weighted by Crippen LogP contribution is 2.18. The first-order chi connectivity index (χ1) is 9.63. The van der Waals surface area contributed by atoms with Crippen LogP contribution in [0.3, 0.4) is 0 Å². The van der Waals surface area contributed by atoms with Gasteiger partial charge in [-0.25, -0.2) is 20.0 Å². The Morgan fingerprint density at radius 2 is 1.05 bits per heavy atom. The zero-order valence-electron chi connectivity index (χ0n) is 13.3. The fourth-order valence-electron chi connectivity index (χ4n) is 3.32. The molecule has 0 spiro atoms. The van der Waals surface area contributed by atoms with Crippen LogP contribution in [0.5, 0.6) is 0 Å². The van der Waals surface area contributed by atoms with Crippen molar-refractivity contribution in [3.8, 4) is 0 Å². The van der Waals surface area contributed by atoms with Crippen molar-refractivity contribution >= 4 is 0 Å². The molecule has 0 unspecified atom stereocenters. The van der Waals surface area contributed by atoms with Gasteiger partial charge in [0.2, 0.25) is 0 Å². The molecule has 3 aliphatic rings. The largest absolute Gasteiger partial charge is 0.304 e. The Balaban J connectivity index is 1.39. The number of likely N-dealkylation sites (N-methyl/N-ethyl adjacent to an activating group) is 2. The molecule has 0 aromatic rings. The number of piperazine rings is 2. The van der Waals surface area contributed by atoms with Crippen molar-refractivity contribution in [3.05, 3.63) is 0 Å². The Morgan fingerprint density at radius 3 is 1.50 bits per heavy atom. The molecular formula is C14H30N6. The second-order valence-electron chi connectivity index (χ2n) is 6.65. The van der Waals surface area contributed by atoms with Crippen LogP contribution < -0.4 is 0 Å². The lowest BCUT2D eigenvalue weighted by Gasteiger charge is -2.52. The zero-order chi connectivity index (χ0) is 14.1. The molecule has 3 fully saturated rings. The van der Waals surface area contributed by atoms with Gasteiger partial charge in [-0.15, -0.1) is 0 Å². The van der Waals surface area contributed by atoms with Gasteiger partial charge in [0.05, 0.1) is 0 Å². The maximum Gasteiger partial charge on any atom is 0.0372 e. The minimum absolute atomic E-state index is 0.755. The van der Waals surface area contributed by atoms with Crippen LogP contribution >= 0.6 is 0 Å². The van der Waals surface area contributed by atoms with Crippen LogP contribution in [-0.4, -0.2) is 122 Å². The summed E-state index contributed by atoms with van der Waals surface area (Å²) in [5.41, 5.74) is 0. The third-order valence-corrected chi connectivity index (χ3v) is 5.09. The molecule has 0 N–H and O–H groups in total. The smallest absolute Gasteiger partial charge is 0.0372 e. The Morgan fingerprint density at radius 1 is 0.650 bits per heavy atom. The summed E-state index contributed by atoms with van der Waals surface area (Å²) < 4.78 is 0. The molecule has 6 heteroatoms. The normalized spacial score (nSPS) is 30.0. The summed E-state index contributed by atoms with van der Waals surface area (Å²) >= 11 is 0. The van der Waals surface area contributed by atoms with E-state index < -0.39 is 0 Å².